The lowest BCUT2D eigenvalue weighted by atomic mass is 9.69. The van der Waals surface area contributed by atoms with E-state index in [1.807, 2.05) is 36.4 Å². The topological polar surface area (TPSA) is 52.6 Å². The van der Waals surface area contributed by atoms with Gasteiger partial charge in [-0.2, -0.15) is 0 Å². The van der Waals surface area contributed by atoms with Crippen LogP contribution in [-0.4, -0.2) is 35.0 Å². The van der Waals surface area contributed by atoms with E-state index in [0.29, 0.717) is 11.8 Å². The van der Waals surface area contributed by atoms with Crippen molar-refractivity contribution in [3.05, 3.63) is 71.8 Å². The highest BCUT2D eigenvalue weighted by Gasteiger charge is 2.58. The molecular weight excluding hydrogens is 348 g/mol. The van der Waals surface area contributed by atoms with E-state index in [-0.39, 0.29) is 17.9 Å². The molecule has 2 aliphatic carbocycles. The van der Waals surface area contributed by atoms with Crippen molar-refractivity contribution in [3.63, 3.8) is 0 Å². The van der Waals surface area contributed by atoms with Gasteiger partial charge in [0, 0.05) is 31.6 Å². The first-order chi connectivity index (χ1) is 13.7. The number of nitrogens with zero attached hydrogens (tertiary/aromatic N) is 1. The summed E-state index contributed by atoms with van der Waals surface area (Å²) < 4.78 is 0. The summed E-state index contributed by atoms with van der Waals surface area (Å²) >= 11 is 0. The van der Waals surface area contributed by atoms with Crippen LogP contribution < -0.4 is 5.32 Å². The second-order valence-electron chi connectivity index (χ2n) is 8.77. The number of piperidine rings is 1. The van der Waals surface area contributed by atoms with Crippen LogP contribution in [-0.2, 0) is 16.9 Å². The lowest BCUT2D eigenvalue weighted by molar-refractivity contribution is -0.152. The van der Waals surface area contributed by atoms with Gasteiger partial charge in [0.15, 0.2) is 5.60 Å². The van der Waals surface area contributed by atoms with E-state index in [1.165, 1.54) is 5.56 Å². The molecule has 4 heteroatoms. The third-order valence-electron chi connectivity index (χ3n) is 7.07. The van der Waals surface area contributed by atoms with Gasteiger partial charge >= 0.3 is 0 Å². The van der Waals surface area contributed by atoms with Crippen LogP contribution in [0.25, 0.3) is 0 Å². The van der Waals surface area contributed by atoms with E-state index in [1.54, 1.807) is 0 Å². The number of carbonyl (C=O) groups excluding carboxylic acids is 1. The number of fused-ring (bicyclic) bond motifs is 1. The zero-order valence-electron chi connectivity index (χ0n) is 16.1. The maximum atomic E-state index is 13.2. The minimum absolute atomic E-state index is 0.0306. The molecule has 2 N–H and O–H groups in total. The molecule has 0 aromatic heterocycles. The Labute approximate surface area is 166 Å². The monoisotopic (exact) mass is 376 g/mol. The Kier molecular flexibility index (Phi) is 4.48. The summed E-state index contributed by atoms with van der Waals surface area (Å²) in [6, 6.07) is 20.3. The van der Waals surface area contributed by atoms with Crippen molar-refractivity contribution in [2.75, 3.05) is 13.1 Å². The van der Waals surface area contributed by atoms with Gasteiger partial charge < -0.3 is 10.4 Å². The summed E-state index contributed by atoms with van der Waals surface area (Å²) in [5.41, 5.74) is 0.682. The second kappa shape index (κ2) is 7.02. The Morgan fingerprint density at radius 3 is 2.18 bits per heavy atom. The van der Waals surface area contributed by atoms with Gasteiger partial charge in [-0.3, -0.25) is 9.69 Å². The first-order valence-corrected chi connectivity index (χ1v) is 10.5. The summed E-state index contributed by atoms with van der Waals surface area (Å²) in [6.07, 6.45) is 2.93. The summed E-state index contributed by atoms with van der Waals surface area (Å²) in [6.45, 7) is 3.03. The normalized spacial score (nSPS) is 28.8. The number of amides is 1. The van der Waals surface area contributed by atoms with Crippen LogP contribution in [0.15, 0.2) is 60.7 Å². The lowest BCUT2D eigenvalue weighted by Crippen LogP contribution is -2.53. The number of carbonyl (C=O) groups is 1. The molecule has 2 aromatic carbocycles. The number of hydrogen-bond acceptors (Lipinski definition) is 3. The molecule has 1 aliphatic heterocycles. The first kappa shape index (κ1) is 17.9. The fourth-order valence-corrected chi connectivity index (χ4v) is 5.13. The first-order valence-electron chi connectivity index (χ1n) is 10.5. The van der Waals surface area contributed by atoms with Crippen molar-refractivity contribution >= 4 is 5.91 Å². The average molecular weight is 377 g/mol. The van der Waals surface area contributed by atoms with E-state index in [0.717, 1.165) is 44.5 Å². The number of nitrogens with one attached hydrogen (secondary N) is 1. The summed E-state index contributed by atoms with van der Waals surface area (Å²) in [5, 5.41) is 14.6. The standard InChI is InChI=1S/C24H28N2O2/c27-23(24(28,19-12-7-13-19)18-10-5-2-6-11-18)25-22-20-15-26(16-21(20)22)14-17-8-3-1-4-9-17/h1-6,8-11,19-22,28H,7,12-16H2,(H,25,27)/t20-,21?,22?,24?/m0/s1. The van der Waals surface area contributed by atoms with E-state index in [2.05, 4.69) is 34.5 Å². The minimum atomic E-state index is -1.39. The van der Waals surface area contributed by atoms with Crippen molar-refractivity contribution in [1.82, 2.24) is 10.2 Å². The molecule has 0 radical (unpaired) electrons. The molecule has 1 amide bonds. The average Bonchev–Trinajstić information content (AvgIpc) is 3.11. The molecule has 28 heavy (non-hydrogen) atoms. The number of benzene rings is 2. The van der Waals surface area contributed by atoms with E-state index < -0.39 is 5.60 Å². The molecule has 4 nitrogen and oxygen atoms in total. The quantitative estimate of drug-likeness (QED) is 0.815. The Hall–Kier alpha value is -2.17. The molecular formula is C24H28N2O2. The van der Waals surface area contributed by atoms with Crippen LogP contribution in [0.2, 0.25) is 0 Å². The molecule has 1 heterocycles. The summed E-state index contributed by atoms with van der Waals surface area (Å²) in [4.78, 5) is 15.7. The third kappa shape index (κ3) is 3.05. The van der Waals surface area contributed by atoms with Crippen LogP contribution in [0.4, 0.5) is 0 Å². The molecule has 1 saturated heterocycles. The Bertz CT molecular complexity index is 824. The van der Waals surface area contributed by atoms with Crippen molar-refractivity contribution in [2.24, 2.45) is 17.8 Å². The van der Waals surface area contributed by atoms with E-state index in [4.69, 9.17) is 0 Å². The van der Waals surface area contributed by atoms with Crippen molar-refractivity contribution in [1.29, 1.82) is 0 Å². The third-order valence-corrected chi connectivity index (χ3v) is 7.07. The number of hydrogen-bond donors (Lipinski definition) is 2. The zero-order chi connectivity index (χ0) is 19.1. The highest BCUT2D eigenvalue weighted by molar-refractivity contribution is 5.87. The highest BCUT2D eigenvalue weighted by atomic mass is 16.3. The fraction of sp³-hybridized carbons (Fsp3) is 0.458. The van der Waals surface area contributed by atoms with Crippen LogP contribution in [0.1, 0.15) is 30.4 Å². The van der Waals surface area contributed by atoms with Gasteiger partial charge in [0.1, 0.15) is 0 Å². The molecule has 3 aliphatic rings. The van der Waals surface area contributed by atoms with Gasteiger partial charge in [-0.1, -0.05) is 67.1 Å². The summed E-state index contributed by atoms with van der Waals surface area (Å²) in [5.74, 6) is 0.878. The van der Waals surface area contributed by atoms with Gasteiger partial charge in [-0.15, -0.1) is 0 Å². The SMILES string of the molecule is O=C(NC1C2CN(Cc3ccccc3)C[C@@H]21)C(O)(c1ccccc1)C1CCC1. The van der Waals surface area contributed by atoms with Crippen molar-refractivity contribution < 1.29 is 9.90 Å². The molecule has 2 aromatic rings. The maximum Gasteiger partial charge on any atom is 0.257 e. The van der Waals surface area contributed by atoms with Gasteiger partial charge in [-0.05, 0) is 35.8 Å². The largest absolute Gasteiger partial charge is 0.375 e. The van der Waals surface area contributed by atoms with Crippen molar-refractivity contribution in [2.45, 2.75) is 37.5 Å². The second-order valence-corrected chi connectivity index (χ2v) is 8.77. The van der Waals surface area contributed by atoms with Crippen LogP contribution in [0.5, 0.6) is 0 Å². The molecule has 3 unspecified atom stereocenters. The minimum Gasteiger partial charge on any atom is -0.375 e. The molecule has 146 valence electrons. The van der Waals surface area contributed by atoms with Crippen molar-refractivity contribution in [3.8, 4) is 0 Å². The predicted octanol–water partition coefficient (Wildman–Crippen LogP) is 2.92. The molecule has 3 fully saturated rings. The van der Waals surface area contributed by atoms with Gasteiger partial charge in [0.05, 0.1) is 0 Å². The Morgan fingerprint density at radius 1 is 1.00 bits per heavy atom. The zero-order valence-corrected chi connectivity index (χ0v) is 16.1. The highest BCUT2D eigenvalue weighted by Crippen LogP contribution is 2.48. The lowest BCUT2D eigenvalue weighted by Gasteiger charge is -2.40. The van der Waals surface area contributed by atoms with Crippen LogP contribution in [0.3, 0.4) is 0 Å². The molecule has 2 saturated carbocycles. The Morgan fingerprint density at radius 2 is 1.61 bits per heavy atom. The maximum absolute atomic E-state index is 13.2. The van der Waals surface area contributed by atoms with Crippen LogP contribution in [0, 0.1) is 17.8 Å². The fourth-order valence-electron chi connectivity index (χ4n) is 5.13. The van der Waals surface area contributed by atoms with E-state index in [9.17, 15) is 9.90 Å². The van der Waals surface area contributed by atoms with Crippen LogP contribution >= 0.6 is 0 Å². The van der Waals surface area contributed by atoms with E-state index >= 15 is 0 Å². The molecule has 4 atom stereocenters. The molecule has 5 rings (SSSR count). The number of rotatable bonds is 6. The smallest absolute Gasteiger partial charge is 0.257 e. The van der Waals surface area contributed by atoms with Gasteiger partial charge in [0.2, 0.25) is 0 Å². The molecule has 0 bridgehead atoms. The number of aliphatic hydroxyl groups is 1. The van der Waals surface area contributed by atoms with Gasteiger partial charge in [-0.25, -0.2) is 0 Å². The predicted molar refractivity (Wildman–Crippen MR) is 108 cm³/mol. The number of likely N-dealkylation sites (tertiary alicyclic amines) is 1. The van der Waals surface area contributed by atoms with Gasteiger partial charge in [0.25, 0.3) is 5.91 Å². The molecule has 0 spiro atoms. The summed E-state index contributed by atoms with van der Waals surface area (Å²) in [7, 11) is 0. The Balaban J connectivity index is 1.22.